The molecule has 0 N–H and O–H groups in total. The Kier molecular flexibility index (Phi) is 4.52. The summed E-state index contributed by atoms with van der Waals surface area (Å²) < 4.78 is 26.1. The number of thioether (sulfide) groups is 1. The molecule has 1 fully saturated rings. The van der Waals surface area contributed by atoms with Crippen LogP contribution in [0.3, 0.4) is 0 Å². The fourth-order valence-electron chi connectivity index (χ4n) is 2.03. The van der Waals surface area contributed by atoms with Crippen LogP contribution in [0.15, 0.2) is 35.2 Å². The first-order valence-electron chi connectivity index (χ1n) is 6.31. The summed E-state index contributed by atoms with van der Waals surface area (Å²) in [5.41, 5.74) is 0. The van der Waals surface area contributed by atoms with E-state index in [1.807, 2.05) is 6.92 Å². The van der Waals surface area contributed by atoms with Crippen molar-refractivity contribution >= 4 is 27.7 Å². The highest BCUT2D eigenvalue weighted by Crippen LogP contribution is 2.33. The Bertz CT molecular complexity index is 542. The predicted octanol–water partition coefficient (Wildman–Crippen LogP) is 2.47. The van der Waals surface area contributed by atoms with Crippen LogP contribution < -0.4 is 0 Å². The third-order valence-corrected chi connectivity index (χ3v) is 6.38. The van der Waals surface area contributed by atoms with Gasteiger partial charge in [-0.1, -0.05) is 25.1 Å². The van der Waals surface area contributed by atoms with E-state index in [9.17, 15) is 13.2 Å². The van der Waals surface area contributed by atoms with Gasteiger partial charge in [-0.25, -0.2) is 12.7 Å². The number of sulfonamides is 1. The van der Waals surface area contributed by atoms with E-state index < -0.39 is 10.0 Å². The van der Waals surface area contributed by atoms with Crippen LogP contribution in [-0.2, 0) is 14.8 Å². The van der Waals surface area contributed by atoms with Crippen molar-refractivity contribution in [1.29, 1.82) is 0 Å². The Labute approximate surface area is 118 Å². The Balaban J connectivity index is 2.29. The molecular weight excluding hydrogens is 282 g/mol. The number of hydrogen-bond donors (Lipinski definition) is 0. The molecule has 1 amide bonds. The summed E-state index contributed by atoms with van der Waals surface area (Å²) in [5.74, 6) is 0.566. The fourth-order valence-corrected chi connectivity index (χ4v) is 5.11. The van der Waals surface area contributed by atoms with Gasteiger partial charge >= 0.3 is 0 Å². The highest BCUT2D eigenvalue weighted by molar-refractivity contribution is 8.00. The van der Waals surface area contributed by atoms with Crippen LogP contribution in [0.1, 0.15) is 26.2 Å². The molecule has 104 valence electrons. The number of carbonyl (C=O) groups is 1. The van der Waals surface area contributed by atoms with E-state index >= 15 is 0 Å². The minimum Gasteiger partial charge on any atom is -0.274 e. The van der Waals surface area contributed by atoms with Crippen LogP contribution in [0.4, 0.5) is 0 Å². The zero-order valence-corrected chi connectivity index (χ0v) is 12.4. The molecule has 0 aromatic heterocycles. The molecule has 0 saturated carbocycles. The second kappa shape index (κ2) is 5.96. The van der Waals surface area contributed by atoms with E-state index in [2.05, 4.69) is 0 Å². The van der Waals surface area contributed by atoms with Gasteiger partial charge in [-0.05, 0) is 30.7 Å². The molecule has 1 aliphatic rings. The molecule has 1 saturated heterocycles. The van der Waals surface area contributed by atoms with Gasteiger partial charge in [0.05, 0.1) is 10.3 Å². The zero-order chi connectivity index (χ0) is 13.9. The molecule has 4 nitrogen and oxygen atoms in total. The normalized spacial score (nSPS) is 19.9. The summed E-state index contributed by atoms with van der Waals surface area (Å²) in [6.45, 7) is 2.04. The molecule has 6 heteroatoms. The van der Waals surface area contributed by atoms with Gasteiger partial charge in [0.25, 0.3) is 10.0 Å². The molecule has 2 rings (SSSR count). The quantitative estimate of drug-likeness (QED) is 0.838. The topological polar surface area (TPSA) is 54.5 Å². The smallest absolute Gasteiger partial charge is 0.267 e. The standard InChI is InChI=1S/C13H17NO3S2/c1-2-10-18-13-9-8-12(15)14(13)19(16,17)11-6-4-3-5-7-11/h3-7,13H,2,8-10H2,1H3. The van der Waals surface area contributed by atoms with Crippen LogP contribution in [0.2, 0.25) is 0 Å². The molecule has 1 aliphatic heterocycles. The first-order valence-corrected chi connectivity index (χ1v) is 8.80. The highest BCUT2D eigenvalue weighted by atomic mass is 32.2. The largest absolute Gasteiger partial charge is 0.274 e. The maximum Gasteiger partial charge on any atom is 0.267 e. The second-order valence-corrected chi connectivity index (χ2v) is 7.47. The zero-order valence-electron chi connectivity index (χ0n) is 10.8. The van der Waals surface area contributed by atoms with E-state index in [0.29, 0.717) is 12.8 Å². The molecule has 19 heavy (non-hydrogen) atoms. The first kappa shape index (κ1) is 14.4. The van der Waals surface area contributed by atoms with Crippen molar-refractivity contribution in [2.45, 2.75) is 36.5 Å². The minimum absolute atomic E-state index is 0.187. The van der Waals surface area contributed by atoms with Gasteiger partial charge in [0.15, 0.2) is 0 Å². The molecule has 1 aromatic rings. The number of hydrogen-bond acceptors (Lipinski definition) is 4. The average Bonchev–Trinajstić information content (AvgIpc) is 2.79. The van der Waals surface area contributed by atoms with Crippen LogP contribution in [0, 0.1) is 0 Å². The van der Waals surface area contributed by atoms with Gasteiger partial charge in [0, 0.05) is 6.42 Å². The Morgan fingerprint density at radius 2 is 2.00 bits per heavy atom. The lowest BCUT2D eigenvalue weighted by molar-refractivity contribution is -0.123. The summed E-state index contributed by atoms with van der Waals surface area (Å²) in [6, 6.07) is 8.16. The Morgan fingerprint density at radius 3 is 2.63 bits per heavy atom. The summed E-state index contributed by atoms with van der Waals surface area (Å²) in [7, 11) is -3.70. The molecule has 0 spiro atoms. The molecular formula is C13H17NO3S2. The minimum atomic E-state index is -3.70. The van der Waals surface area contributed by atoms with E-state index in [1.54, 1.807) is 30.0 Å². The van der Waals surface area contributed by atoms with Crippen molar-refractivity contribution in [3.8, 4) is 0 Å². The van der Waals surface area contributed by atoms with Gasteiger partial charge in [0.1, 0.15) is 0 Å². The van der Waals surface area contributed by atoms with E-state index in [1.165, 1.54) is 12.1 Å². The second-order valence-electron chi connectivity index (χ2n) is 4.37. The third kappa shape index (κ3) is 2.95. The number of rotatable bonds is 5. The number of benzene rings is 1. The monoisotopic (exact) mass is 299 g/mol. The molecule has 1 heterocycles. The van der Waals surface area contributed by atoms with Gasteiger partial charge in [0.2, 0.25) is 5.91 Å². The molecule has 0 bridgehead atoms. The fraction of sp³-hybridized carbons (Fsp3) is 0.462. The maximum absolute atomic E-state index is 12.5. The highest BCUT2D eigenvalue weighted by Gasteiger charge is 2.40. The lowest BCUT2D eigenvalue weighted by atomic mass is 10.4. The summed E-state index contributed by atoms with van der Waals surface area (Å²) >= 11 is 1.54. The van der Waals surface area contributed by atoms with E-state index in [4.69, 9.17) is 0 Å². The van der Waals surface area contributed by atoms with E-state index in [-0.39, 0.29) is 16.2 Å². The SMILES string of the molecule is CCCSC1CCC(=O)N1S(=O)(=O)c1ccccc1. The number of nitrogens with zero attached hydrogens (tertiary/aromatic N) is 1. The first-order chi connectivity index (χ1) is 9.07. The molecule has 1 atom stereocenters. The van der Waals surface area contributed by atoms with Crippen LogP contribution in [0.25, 0.3) is 0 Å². The van der Waals surface area contributed by atoms with Crippen LogP contribution in [-0.4, -0.2) is 29.8 Å². The maximum atomic E-state index is 12.5. The van der Waals surface area contributed by atoms with Crippen molar-refractivity contribution in [3.63, 3.8) is 0 Å². The Hall–Kier alpha value is -1.01. The third-order valence-electron chi connectivity index (χ3n) is 2.93. The summed E-state index contributed by atoms with van der Waals surface area (Å²) in [4.78, 5) is 12.1. The average molecular weight is 299 g/mol. The molecule has 0 aliphatic carbocycles. The van der Waals surface area contributed by atoms with Crippen molar-refractivity contribution in [1.82, 2.24) is 4.31 Å². The van der Waals surface area contributed by atoms with Crippen molar-refractivity contribution in [2.24, 2.45) is 0 Å². The molecule has 1 aromatic carbocycles. The van der Waals surface area contributed by atoms with Crippen LogP contribution in [0.5, 0.6) is 0 Å². The van der Waals surface area contributed by atoms with Gasteiger partial charge in [-0.2, -0.15) is 0 Å². The lowest BCUT2D eigenvalue weighted by Gasteiger charge is -2.23. The van der Waals surface area contributed by atoms with Gasteiger partial charge in [-0.3, -0.25) is 4.79 Å². The van der Waals surface area contributed by atoms with Crippen molar-refractivity contribution < 1.29 is 13.2 Å². The van der Waals surface area contributed by atoms with Gasteiger partial charge in [-0.15, -0.1) is 11.8 Å². The van der Waals surface area contributed by atoms with E-state index in [0.717, 1.165) is 16.5 Å². The molecule has 1 unspecified atom stereocenters. The number of carbonyl (C=O) groups excluding carboxylic acids is 1. The predicted molar refractivity (Wildman–Crippen MR) is 76.2 cm³/mol. The van der Waals surface area contributed by atoms with Crippen molar-refractivity contribution in [3.05, 3.63) is 30.3 Å². The lowest BCUT2D eigenvalue weighted by Crippen LogP contribution is -2.37. The number of amides is 1. The van der Waals surface area contributed by atoms with Crippen molar-refractivity contribution in [2.75, 3.05) is 5.75 Å². The van der Waals surface area contributed by atoms with Crippen LogP contribution >= 0.6 is 11.8 Å². The van der Waals surface area contributed by atoms with Gasteiger partial charge < -0.3 is 0 Å². The summed E-state index contributed by atoms with van der Waals surface area (Å²) in [5, 5.41) is -0.252. The summed E-state index contributed by atoms with van der Waals surface area (Å²) in [6.07, 6.45) is 1.89. The molecule has 0 radical (unpaired) electrons. The Morgan fingerprint density at radius 1 is 1.32 bits per heavy atom.